The van der Waals surface area contributed by atoms with Gasteiger partial charge in [0.05, 0.1) is 17.3 Å². The molecular formula is C14H22FN3O3S. The van der Waals surface area contributed by atoms with Crippen molar-refractivity contribution in [2.45, 2.75) is 50.8 Å². The number of aliphatic hydroxyl groups is 1. The first-order valence-corrected chi connectivity index (χ1v) is 8.00. The van der Waals surface area contributed by atoms with E-state index in [1.54, 1.807) is 5.51 Å². The summed E-state index contributed by atoms with van der Waals surface area (Å²) >= 11 is 1.47. The highest BCUT2D eigenvalue weighted by atomic mass is 32.1. The third-order valence-electron chi connectivity index (χ3n) is 3.65. The molecule has 1 rings (SSSR count). The number of primary amides is 2. The van der Waals surface area contributed by atoms with Gasteiger partial charge >= 0.3 is 0 Å². The number of amides is 2. The molecule has 1 heterocycles. The summed E-state index contributed by atoms with van der Waals surface area (Å²) < 4.78 is 13.8. The number of aliphatic hydroxyl groups excluding tert-OH is 1. The van der Waals surface area contributed by atoms with E-state index in [-0.39, 0.29) is 19.3 Å². The molecule has 0 aliphatic rings. The summed E-state index contributed by atoms with van der Waals surface area (Å²) in [5, 5.41) is 11.9. The van der Waals surface area contributed by atoms with Gasteiger partial charge in [0.1, 0.15) is 0 Å². The number of halogens is 1. The van der Waals surface area contributed by atoms with Crippen molar-refractivity contribution in [3.8, 4) is 0 Å². The highest BCUT2D eigenvalue weighted by molar-refractivity contribution is 7.07. The second-order valence-corrected chi connectivity index (χ2v) is 6.33. The third kappa shape index (κ3) is 6.07. The van der Waals surface area contributed by atoms with E-state index in [9.17, 15) is 19.1 Å². The van der Waals surface area contributed by atoms with Crippen LogP contribution >= 0.6 is 11.3 Å². The van der Waals surface area contributed by atoms with Gasteiger partial charge in [0, 0.05) is 11.3 Å². The average molecular weight is 331 g/mol. The van der Waals surface area contributed by atoms with Crippen LogP contribution in [-0.4, -0.2) is 33.7 Å². The summed E-state index contributed by atoms with van der Waals surface area (Å²) in [7, 11) is 0. The van der Waals surface area contributed by atoms with Gasteiger partial charge in [-0.15, -0.1) is 11.3 Å². The third-order valence-corrected chi connectivity index (χ3v) is 4.29. The molecule has 0 saturated heterocycles. The number of hydrogen-bond donors (Lipinski definition) is 3. The summed E-state index contributed by atoms with van der Waals surface area (Å²) in [5.41, 5.74) is 10.6. The fourth-order valence-corrected chi connectivity index (χ4v) is 2.66. The lowest BCUT2D eigenvalue weighted by Crippen LogP contribution is -2.38. The summed E-state index contributed by atoms with van der Waals surface area (Å²) in [5.74, 6) is -2.38. The maximum atomic E-state index is 13.8. The minimum atomic E-state index is -2.18. The largest absolute Gasteiger partial charge is 0.393 e. The number of aromatic nitrogens is 1. The number of aryl methyl sites for hydroxylation is 1. The first kappa shape index (κ1) is 18.5. The standard InChI is InChI=1S/C14H22FN3O3S/c1-14(15,13(17)21)5-4-9(12(16)20)6-11(19)3-2-10-7-22-8-18-10/h7-9,11,19H,2-6H2,1H3,(H2,16,20)(H2,17,21). The first-order valence-electron chi connectivity index (χ1n) is 7.05. The fourth-order valence-electron chi connectivity index (χ4n) is 2.07. The van der Waals surface area contributed by atoms with Crippen LogP contribution in [0, 0.1) is 5.92 Å². The maximum absolute atomic E-state index is 13.8. The van der Waals surface area contributed by atoms with E-state index >= 15 is 0 Å². The smallest absolute Gasteiger partial charge is 0.254 e. The monoisotopic (exact) mass is 331 g/mol. The second-order valence-electron chi connectivity index (χ2n) is 5.61. The van der Waals surface area contributed by atoms with Crippen molar-refractivity contribution < 1.29 is 19.1 Å². The summed E-state index contributed by atoms with van der Waals surface area (Å²) in [6.07, 6.45) is 0.301. The Morgan fingerprint density at radius 2 is 2.14 bits per heavy atom. The molecule has 0 aromatic carbocycles. The minimum absolute atomic E-state index is 0.0685. The van der Waals surface area contributed by atoms with Gasteiger partial charge in [-0.3, -0.25) is 9.59 Å². The van der Waals surface area contributed by atoms with Crippen LogP contribution in [0.1, 0.15) is 38.3 Å². The van der Waals surface area contributed by atoms with Crippen molar-refractivity contribution in [3.63, 3.8) is 0 Å². The summed E-state index contributed by atoms with van der Waals surface area (Å²) in [6.45, 7) is 1.08. The number of thiazole rings is 1. The van der Waals surface area contributed by atoms with Crippen LogP contribution in [0.4, 0.5) is 4.39 Å². The maximum Gasteiger partial charge on any atom is 0.254 e. The fraction of sp³-hybridized carbons (Fsp3) is 0.643. The molecule has 1 aromatic heterocycles. The molecule has 22 heavy (non-hydrogen) atoms. The Kier molecular flexibility index (Phi) is 6.89. The molecule has 0 saturated carbocycles. The Bertz CT molecular complexity index is 494. The highest BCUT2D eigenvalue weighted by Gasteiger charge is 2.32. The second kappa shape index (κ2) is 8.19. The van der Waals surface area contributed by atoms with Crippen LogP contribution in [0.15, 0.2) is 10.9 Å². The molecule has 0 aliphatic carbocycles. The molecule has 8 heteroatoms. The van der Waals surface area contributed by atoms with Crippen molar-refractivity contribution in [1.82, 2.24) is 4.98 Å². The molecule has 3 unspecified atom stereocenters. The zero-order valence-electron chi connectivity index (χ0n) is 12.5. The Hall–Kier alpha value is -1.54. The summed E-state index contributed by atoms with van der Waals surface area (Å²) in [4.78, 5) is 26.5. The summed E-state index contributed by atoms with van der Waals surface area (Å²) in [6, 6.07) is 0. The topological polar surface area (TPSA) is 119 Å². The molecule has 0 bridgehead atoms. The lowest BCUT2D eigenvalue weighted by Gasteiger charge is -2.21. The normalized spacial score (nSPS) is 16.7. The van der Waals surface area contributed by atoms with Crippen LogP contribution in [0.25, 0.3) is 0 Å². The lowest BCUT2D eigenvalue weighted by molar-refractivity contribution is -0.130. The number of carbonyl (C=O) groups is 2. The molecule has 5 N–H and O–H groups in total. The number of hydrogen-bond acceptors (Lipinski definition) is 5. The first-order chi connectivity index (χ1) is 10.2. The molecule has 0 aliphatic heterocycles. The molecule has 0 spiro atoms. The Balaban J connectivity index is 2.46. The van der Waals surface area contributed by atoms with E-state index in [2.05, 4.69) is 4.98 Å². The van der Waals surface area contributed by atoms with E-state index in [1.807, 2.05) is 5.38 Å². The van der Waals surface area contributed by atoms with Crippen molar-refractivity contribution in [2.75, 3.05) is 0 Å². The Morgan fingerprint density at radius 1 is 1.45 bits per heavy atom. The minimum Gasteiger partial charge on any atom is -0.393 e. The van der Waals surface area contributed by atoms with Gasteiger partial charge in [-0.25, -0.2) is 9.37 Å². The highest BCUT2D eigenvalue weighted by Crippen LogP contribution is 2.24. The van der Waals surface area contributed by atoms with E-state index in [4.69, 9.17) is 11.5 Å². The lowest BCUT2D eigenvalue weighted by atomic mass is 9.89. The number of carbonyl (C=O) groups excluding carboxylic acids is 2. The number of nitrogens with two attached hydrogens (primary N) is 2. The van der Waals surface area contributed by atoms with Crippen molar-refractivity contribution in [3.05, 3.63) is 16.6 Å². The zero-order chi connectivity index (χ0) is 16.8. The van der Waals surface area contributed by atoms with Gasteiger partial charge < -0.3 is 16.6 Å². The van der Waals surface area contributed by atoms with Gasteiger partial charge in [-0.1, -0.05) is 0 Å². The SMILES string of the molecule is CC(F)(CCC(CC(O)CCc1cscn1)C(N)=O)C(N)=O. The predicted octanol–water partition coefficient (Wildman–Crippen LogP) is 0.922. The van der Waals surface area contributed by atoms with Crippen LogP contribution < -0.4 is 11.5 Å². The van der Waals surface area contributed by atoms with Crippen LogP contribution in [0.5, 0.6) is 0 Å². The van der Waals surface area contributed by atoms with E-state index < -0.39 is 29.5 Å². The van der Waals surface area contributed by atoms with Crippen molar-refractivity contribution in [2.24, 2.45) is 17.4 Å². The van der Waals surface area contributed by atoms with Gasteiger partial charge in [0.15, 0.2) is 5.67 Å². The van der Waals surface area contributed by atoms with Crippen LogP contribution in [-0.2, 0) is 16.0 Å². The Labute approximate surface area is 132 Å². The van der Waals surface area contributed by atoms with E-state index in [0.29, 0.717) is 12.8 Å². The molecule has 1 aromatic rings. The molecule has 6 nitrogen and oxygen atoms in total. The number of alkyl halides is 1. The van der Waals surface area contributed by atoms with E-state index in [0.717, 1.165) is 12.6 Å². The molecule has 0 radical (unpaired) electrons. The molecule has 2 amide bonds. The van der Waals surface area contributed by atoms with Gasteiger partial charge in [0.2, 0.25) is 5.91 Å². The quantitative estimate of drug-likeness (QED) is 0.590. The van der Waals surface area contributed by atoms with Crippen LogP contribution in [0.3, 0.4) is 0 Å². The average Bonchev–Trinajstić information content (AvgIpc) is 2.93. The Morgan fingerprint density at radius 3 is 2.64 bits per heavy atom. The van der Waals surface area contributed by atoms with E-state index in [1.165, 1.54) is 11.3 Å². The zero-order valence-corrected chi connectivity index (χ0v) is 13.3. The predicted molar refractivity (Wildman–Crippen MR) is 81.7 cm³/mol. The molecule has 0 fully saturated rings. The van der Waals surface area contributed by atoms with Crippen LogP contribution in [0.2, 0.25) is 0 Å². The van der Waals surface area contributed by atoms with Crippen molar-refractivity contribution in [1.29, 1.82) is 0 Å². The number of nitrogens with zero attached hydrogens (tertiary/aromatic N) is 1. The molecular weight excluding hydrogens is 309 g/mol. The van der Waals surface area contributed by atoms with Gasteiger partial charge in [0.25, 0.3) is 5.91 Å². The van der Waals surface area contributed by atoms with Crippen molar-refractivity contribution >= 4 is 23.2 Å². The molecule has 3 atom stereocenters. The van der Waals surface area contributed by atoms with Gasteiger partial charge in [-0.05, 0) is 39.0 Å². The number of rotatable bonds is 10. The van der Waals surface area contributed by atoms with Gasteiger partial charge in [-0.2, -0.15) is 0 Å². The molecule has 124 valence electrons.